The minimum absolute atomic E-state index is 0.149. The maximum absolute atomic E-state index is 12.2. The number of hydrogen-bond acceptors (Lipinski definition) is 5. The topological polar surface area (TPSA) is 79.0 Å². The third kappa shape index (κ3) is 6.98. The van der Waals surface area contributed by atoms with E-state index in [9.17, 15) is 13.2 Å². The van der Waals surface area contributed by atoms with Crippen LogP contribution in [0.1, 0.15) is 33.1 Å². The molecule has 158 valence electrons. The number of anilines is 1. The molecule has 1 N–H and O–H groups in total. The van der Waals surface area contributed by atoms with E-state index in [2.05, 4.69) is 17.1 Å². The quantitative estimate of drug-likeness (QED) is 0.630. The van der Waals surface area contributed by atoms with Gasteiger partial charge in [0.15, 0.2) is 6.10 Å². The molecular weight excluding hydrogens is 378 g/mol. The zero-order chi connectivity index (χ0) is 20.7. The number of benzene rings is 1. The van der Waals surface area contributed by atoms with Gasteiger partial charge in [0.05, 0.1) is 11.9 Å². The normalized spacial score (nSPS) is 19.1. The van der Waals surface area contributed by atoms with Gasteiger partial charge in [-0.2, -0.15) is 0 Å². The highest BCUT2D eigenvalue weighted by atomic mass is 32.2. The summed E-state index contributed by atoms with van der Waals surface area (Å²) in [5.74, 6) is 1.14. The highest BCUT2D eigenvalue weighted by Gasteiger charge is 2.17. The largest absolute Gasteiger partial charge is 0.481 e. The van der Waals surface area contributed by atoms with Gasteiger partial charge in [-0.15, -0.1) is 0 Å². The molecule has 0 bridgehead atoms. The molecule has 0 aliphatic carbocycles. The third-order valence-corrected chi connectivity index (χ3v) is 6.28. The van der Waals surface area contributed by atoms with E-state index in [0.29, 0.717) is 18.0 Å². The van der Waals surface area contributed by atoms with Gasteiger partial charge >= 0.3 is 0 Å². The van der Waals surface area contributed by atoms with Gasteiger partial charge in [-0.05, 0) is 69.5 Å². The van der Waals surface area contributed by atoms with Crippen LogP contribution in [0.25, 0.3) is 0 Å². The number of carbonyl (C=O) groups is 1. The van der Waals surface area contributed by atoms with Crippen molar-refractivity contribution in [3.05, 3.63) is 24.3 Å². The average molecular weight is 412 g/mol. The molecule has 1 aliphatic rings. The molecule has 0 unspecified atom stereocenters. The minimum Gasteiger partial charge on any atom is -0.481 e. The first kappa shape index (κ1) is 22.5. The van der Waals surface area contributed by atoms with Crippen LogP contribution in [0, 0.1) is 5.92 Å². The van der Waals surface area contributed by atoms with Crippen molar-refractivity contribution in [2.75, 3.05) is 43.8 Å². The van der Waals surface area contributed by atoms with Gasteiger partial charge in [-0.1, -0.05) is 6.92 Å². The Labute approximate surface area is 169 Å². The average Bonchev–Trinajstić information content (AvgIpc) is 2.64. The third-order valence-electron chi connectivity index (χ3n) is 5.07. The zero-order valence-electron chi connectivity index (χ0n) is 17.3. The van der Waals surface area contributed by atoms with Crippen LogP contribution in [0.3, 0.4) is 0 Å². The highest BCUT2D eigenvalue weighted by Crippen LogP contribution is 2.21. The second-order valence-electron chi connectivity index (χ2n) is 7.68. The highest BCUT2D eigenvalue weighted by molar-refractivity contribution is 7.92. The predicted molar refractivity (Wildman–Crippen MR) is 112 cm³/mol. The molecule has 8 heteroatoms. The lowest BCUT2D eigenvalue weighted by atomic mass is 10.0. The number of hydrogen-bond donors (Lipinski definition) is 1. The Balaban J connectivity index is 1.73. The van der Waals surface area contributed by atoms with Crippen LogP contribution >= 0.6 is 0 Å². The molecule has 2 atom stereocenters. The van der Waals surface area contributed by atoms with E-state index in [1.807, 2.05) is 0 Å². The van der Waals surface area contributed by atoms with E-state index >= 15 is 0 Å². The van der Waals surface area contributed by atoms with E-state index in [1.54, 1.807) is 31.2 Å². The first-order valence-corrected chi connectivity index (χ1v) is 11.7. The smallest absolute Gasteiger partial charge is 0.260 e. The predicted octanol–water partition coefficient (Wildman–Crippen LogP) is 2.09. The standard InChI is InChI=1S/C20H33N3O4S/c1-16-7-5-13-23(15-16)14-6-12-21-20(24)17(2)27-19-10-8-18(9-11-19)22(3)28(4,25)26/h8-11,16-17H,5-7,12-15H2,1-4H3,(H,21,24)/t16-,17-/m0/s1. The molecule has 1 saturated heterocycles. The number of likely N-dealkylation sites (tertiary alicyclic amines) is 1. The Morgan fingerprint density at radius 1 is 1.36 bits per heavy atom. The Hall–Kier alpha value is -1.80. The fourth-order valence-electron chi connectivity index (χ4n) is 3.33. The van der Waals surface area contributed by atoms with E-state index in [-0.39, 0.29) is 5.91 Å². The summed E-state index contributed by atoms with van der Waals surface area (Å²) in [5.41, 5.74) is 0.541. The van der Waals surface area contributed by atoms with E-state index in [0.717, 1.165) is 38.2 Å². The summed E-state index contributed by atoms with van der Waals surface area (Å²) >= 11 is 0. The van der Waals surface area contributed by atoms with Gasteiger partial charge in [0.2, 0.25) is 10.0 Å². The maximum Gasteiger partial charge on any atom is 0.260 e. The number of nitrogens with one attached hydrogen (secondary N) is 1. The Morgan fingerprint density at radius 2 is 2.04 bits per heavy atom. The maximum atomic E-state index is 12.2. The second kappa shape index (κ2) is 10.1. The van der Waals surface area contributed by atoms with Crippen molar-refractivity contribution in [2.45, 2.75) is 39.2 Å². The summed E-state index contributed by atoms with van der Waals surface area (Å²) in [6, 6.07) is 6.64. The molecule has 0 aromatic heterocycles. The van der Waals surface area contributed by atoms with Crippen LogP contribution in [0.15, 0.2) is 24.3 Å². The summed E-state index contributed by atoms with van der Waals surface area (Å²) < 4.78 is 30.0. The van der Waals surface area contributed by atoms with Gasteiger partial charge in [0, 0.05) is 20.1 Å². The molecule has 1 aliphatic heterocycles. The van der Waals surface area contributed by atoms with Crippen LogP contribution in [0.2, 0.25) is 0 Å². The van der Waals surface area contributed by atoms with Gasteiger partial charge in [0.25, 0.3) is 5.91 Å². The van der Waals surface area contributed by atoms with Crippen LogP contribution in [0.4, 0.5) is 5.69 Å². The lowest BCUT2D eigenvalue weighted by molar-refractivity contribution is -0.127. The van der Waals surface area contributed by atoms with Crippen LogP contribution < -0.4 is 14.4 Å². The summed E-state index contributed by atoms with van der Waals surface area (Å²) in [6.07, 6.45) is 4.03. The molecule has 0 radical (unpaired) electrons. The number of nitrogens with zero attached hydrogens (tertiary/aromatic N) is 2. The molecule has 1 heterocycles. The molecule has 7 nitrogen and oxygen atoms in total. The number of rotatable bonds is 9. The van der Waals surface area contributed by atoms with Gasteiger partial charge in [0.1, 0.15) is 5.75 Å². The van der Waals surface area contributed by atoms with Crippen molar-refractivity contribution >= 4 is 21.6 Å². The van der Waals surface area contributed by atoms with E-state index < -0.39 is 16.1 Å². The first-order chi connectivity index (χ1) is 13.2. The summed E-state index contributed by atoms with van der Waals surface area (Å²) in [4.78, 5) is 14.7. The van der Waals surface area contributed by atoms with Gasteiger partial charge in [-0.25, -0.2) is 8.42 Å². The summed E-state index contributed by atoms with van der Waals surface area (Å²) in [6.45, 7) is 7.95. The van der Waals surface area contributed by atoms with Crippen molar-refractivity contribution in [1.82, 2.24) is 10.2 Å². The van der Waals surface area contributed by atoms with Crippen molar-refractivity contribution in [3.8, 4) is 5.75 Å². The summed E-state index contributed by atoms with van der Waals surface area (Å²) in [5, 5.41) is 2.92. The molecular formula is C20H33N3O4S. The zero-order valence-corrected chi connectivity index (χ0v) is 18.2. The number of sulfonamides is 1. The molecule has 0 spiro atoms. The number of carbonyl (C=O) groups excluding carboxylic acids is 1. The fourth-order valence-corrected chi connectivity index (χ4v) is 3.84. The molecule has 1 fully saturated rings. The van der Waals surface area contributed by atoms with Crippen molar-refractivity contribution in [3.63, 3.8) is 0 Å². The van der Waals surface area contributed by atoms with Crippen molar-refractivity contribution in [1.29, 1.82) is 0 Å². The number of amides is 1. The van der Waals surface area contributed by atoms with E-state index in [4.69, 9.17) is 4.74 Å². The van der Waals surface area contributed by atoms with E-state index in [1.165, 1.54) is 24.2 Å². The molecule has 0 saturated carbocycles. The van der Waals surface area contributed by atoms with Gasteiger partial charge in [-0.3, -0.25) is 9.10 Å². The fraction of sp³-hybridized carbons (Fsp3) is 0.650. The molecule has 1 amide bonds. The Kier molecular flexibility index (Phi) is 8.12. The van der Waals surface area contributed by atoms with Crippen molar-refractivity contribution < 1.29 is 17.9 Å². The van der Waals surface area contributed by atoms with Crippen LogP contribution in [-0.2, 0) is 14.8 Å². The first-order valence-electron chi connectivity index (χ1n) is 9.87. The molecule has 28 heavy (non-hydrogen) atoms. The molecule has 1 aromatic rings. The lowest BCUT2D eigenvalue weighted by Crippen LogP contribution is -2.39. The Morgan fingerprint density at radius 3 is 2.64 bits per heavy atom. The number of piperidine rings is 1. The molecule has 2 rings (SSSR count). The lowest BCUT2D eigenvalue weighted by Gasteiger charge is -2.30. The van der Waals surface area contributed by atoms with Crippen molar-refractivity contribution in [2.24, 2.45) is 5.92 Å². The number of ether oxygens (including phenoxy) is 1. The molecule has 1 aromatic carbocycles. The SMILES string of the molecule is C[C@H]1CCCN(CCCNC(=O)[C@H](C)Oc2ccc(N(C)S(C)(=O)=O)cc2)C1. The van der Waals surface area contributed by atoms with Gasteiger partial charge < -0.3 is 15.0 Å². The van der Waals surface area contributed by atoms with Crippen LogP contribution in [-0.4, -0.2) is 64.8 Å². The Bertz CT molecular complexity index is 736. The second-order valence-corrected chi connectivity index (χ2v) is 9.69. The summed E-state index contributed by atoms with van der Waals surface area (Å²) in [7, 11) is -1.81. The monoisotopic (exact) mass is 411 g/mol. The van der Waals surface area contributed by atoms with Crippen LogP contribution in [0.5, 0.6) is 5.75 Å². The minimum atomic E-state index is -3.30.